The molecule has 1 aliphatic heterocycles. The van der Waals surface area contributed by atoms with E-state index in [-0.39, 0.29) is 16.3 Å². The number of sulfone groups is 1. The SMILES string of the molecule is CCC1=C(NCCNC)/N=C(Nc2cccc(S(C)(=O)=O)c2)\C(C(N)=O)=C\C=C\1. The van der Waals surface area contributed by atoms with Crippen molar-refractivity contribution < 1.29 is 13.2 Å². The molecule has 1 heterocycles. The summed E-state index contributed by atoms with van der Waals surface area (Å²) in [6, 6.07) is 6.32. The van der Waals surface area contributed by atoms with Gasteiger partial charge in [0.15, 0.2) is 9.84 Å². The van der Waals surface area contributed by atoms with E-state index in [2.05, 4.69) is 20.9 Å². The molecule has 1 aromatic rings. The summed E-state index contributed by atoms with van der Waals surface area (Å²) in [6.45, 7) is 3.38. The molecule has 0 bridgehead atoms. The Morgan fingerprint density at radius 3 is 2.62 bits per heavy atom. The highest BCUT2D eigenvalue weighted by Crippen LogP contribution is 2.19. The number of nitrogens with zero attached hydrogens (tertiary/aromatic N) is 1. The van der Waals surface area contributed by atoms with Crippen molar-refractivity contribution in [2.75, 3.05) is 31.7 Å². The average Bonchev–Trinajstić information content (AvgIpc) is 2.65. The molecule has 1 aromatic carbocycles. The molecule has 1 amide bonds. The standard InChI is InChI=1S/C20H27N5O3S/c1-4-14-7-5-10-17(18(21)26)20(25-19(14)23-12-11-22-2)24-15-8-6-9-16(13-15)29(3,27)28/h5-10,13,22H,4,11-12H2,1-3H3,(H2,21,26)(H2,23,24,25). The molecule has 0 saturated heterocycles. The van der Waals surface area contributed by atoms with Gasteiger partial charge in [-0.25, -0.2) is 13.4 Å². The first-order valence-electron chi connectivity index (χ1n) is 9.22. The van der Waals surface area contributed by atoms with Crippen molar-refractivity contribution in [3.63, 3.8) is 0 Å². The average molecular weight is 418 g/mol. The number of likely N-dealkylation sites (N-methyl/N-ethyl adjacent to an activating group) is 1. The highest BCUT2D eigenvalue weighted by atomic mass is 32.2. The Bertz CT molecular complexity index is 991. The molecule has 0 spiro atoms. The number of anilines is 1. The van der Waals surface area contributed by atoms with Gasteiger partial charge in [-0.2, -0.15) is 0 Å². The maximum atomic E-state index is 12.0. The number of aliphatic imine (C=N–C) groups is 1. The minimum atomic E-state index is -3.37. The molecular formula is C20H27N5O3S. The first-order chi connectivity index (χ1) is 13.8. The van der Waals surface area contributed by atoms with E-state index < -0.39 is 15.7 Å². The van der Waals surface area contributed by atoms with Crippen LogP contribution in [0, 0.1) is 0 Å². The summed E-state index contributed by atoms with van der Waals surface area (Å²) in [5.74, 6) is 0.215. The highest BCUT2D eigenvalue weighted by Gasteiger charge is 2.17. The molecule has 0 atom stereocenters. The van der Waals surface area contributed by atoms with Gasteiger partial charge in [-0.15, -0.1) is 0 Å². The predicted octanol–water partition coefficient (Wildman–Crippen LogP) is 1.31. The Morgan fingerprint density at radius 1 is 1.24 bits per heavy atom. The Morgan fingerprint density at radius 2 is 2.00 bits per heavy atom. The number of amidine groups is 1. The second kappa shape index (κ2) is 10.0. The summed E-state index contributed by atoms with van der Waals surface area (Å²) in [7, 11) is -1.52. The fourth-order valence-electron chi connectivity index (χ4n) is 2.64. The number of benzene rings is 1. The molecule has 156 valence electrons. The molecule has 1 aliphatic rings. The van der Waals surface area contributed by atoms with E-state index in [9.17, 15) is 13.2 Å². The zero-order valence-corrected chi connectivity index (χ0v) is 17.6. The molecule has 5 N–H and O–H groups in total. The van der Waals surface area contributed by atoms with Crippen LogP contribution in [0.15, 0.2) is 69.3 Å². The summed E-state index contributed by atoms with van der Waals surface area (Å²) in [5.41, 5.74) is 7.20. The van der Waals surface area contributed by atoms with E-state index in [0.717, 1.165) is 24.8 Å². The van der Waals surface area contributed by atoms with E-state index in [4.69, 9.17) is 5.73 Å². The number of rotatable bonds is 8. The first-order valence-corrected chi connectivity index (χ1v) is 11.1. The minimum absolute atomic E-state index is 0.163. The second-order valence-electron chi connectivity index (χ2n) is 6.45. The second-order valence-corrected chi connectivity index (χ2v) is 8.46. The lowest BCUT2D eigenvalue weighted by atomic mass is 10.1. The van der Waals surface area contributed by atoms with Crippen molar-refractivity contribution in [3.8, 4) is 0 Å². The Kier molecular flexibility index (Phi) is 7.74. The number of hydrogen-bond acceptors (Lipinski definition) is 7. The van der Waals surface area contributed by atoms with Crippen LogP contribution in [0.5, 0.6) is 0 Å². The summed E-state index contributed by atoms with van der Waals surface area (Å²) in [6.07, 6.45) is 7.10. The number of hydrogen-bond donors (Lipinski definition) is 4. The van der Waals surface area contributed by atoms with Crippen LogP contribution in [0.2, 0.25) is 0 Å². The Hall–Kier alpha value is -2.91. The van der Waals surface area contributed by atoms with Crippen molar-refractivity contribution in [1.29, 1.82) is 0 Å². The summed E-state index contributed by atoms with van der Waals surface area (Å²) >= 11 is 0. The van der Waals surface area contributed by atoms with Crippen molar-refractivity contribution in [2.24, 2.45) is 10.7 Å². The van der Waals surface area contributed by atoms with E-state index in [1.165, 1.54) is 12.1 Å². The van der Waals surface area contributed by atoms with Crippen LogP contribution in [0.3, 0.4) is 0 Å². The first kappa shape index (κ1) is 22.4. The predicted molar refractivity (Wildman–Crippen MR) is 116 cm³/mol. The van der Waals surface area contributed by atoms with Gasteiger partial charge in [0.05, 0.1) is 10.5 Å². The number of carbonyl (C=O) groups is 1. The van der Waals surface area contributed by atoms with Crippen LogP contribution in [0.1, 0.15) is 13.3 Å². The van der Waals surface area contributed by atoms with Gasteiger partial charge in [0, 0.05) is 25.0 Å². The number of carbonyl (C=O) groups excluding carboxylic acids is 1. The molecule has 0 aromatic heterocycles. The van der Waals surface area contributed by atoms with Gasteiger partial charge >= 0.3 is 0 Å². The smallest absolute Gasteiger partial charge is 0.252 e. The number of primary amides is 1. The van der Waals surface area contributed by atoms with Crippen LogP contribution in [-0.4, -0.2) is 46.6 Å². The van der Waals surface area contributed by atoms with Crippen LogP contribution in [-0.2, 0) is 14.6 Å². The molecule has 0 radical (unpaired) electrons. The normalized spacial score (nSPS) is 21.8. The summed E-state index contributed by atoms with van der Waals surface area (Å²) in [4.78, 5) is 16.8. The highest BCUT2D eigenvalue weighted by molar-refractivity contribution is 7.90. The lowest BCUT2D eigenvalue weighted by Crippen LogP contribution is -2.29. The fourth-order valence-corrected chi connectivity index (χ4v) is 3.31. The summed E-state index contributed by atoms with van der Waals surface area (Å²) < 4.78 is 23.7. The van der Waals surface area contributed by atoms with Gasteiger partial charge in [0.1, 0.15) is 11.7 Å². The van der Waals surface area contributed by atoms with Gasteiger partial charge in [-0.3, -0.25) is 4.79 Å². The van der Waals surface area contributed by atoms with Gasteiger partial charge in [0.2, 0.25) is 0 Å². The molecule has 0 unspecified atom stereocenters. The third kappa shape index (κ3) is 6.30. The lowest BCUT2D eigenvalue weighted by molar-refractivity contribution is -0.114. The van der Waals surface area contributed by atoms with Gasteiger partial charge in [-0.1, -0.05) is 25.1 Å². The third-order valence-electron chi connectivity index (χ3n) is 4.18. The molecular weight excluding hydrogens is 390 g/mol. The monoisotopic (exact) mass is 417 g/mol. The van der Waals surface area contributed by atoms with Gasteiger partial charge < -0.3 is 21.7 Å². The van der Waals surface area contributed by atoms with Crippen LogP contribution in [0.25, 0.3) is 0 Å². The van der Waals surface area contributed by atoms with E-state index in [1.54, 1.807) is 24.3 Å². The molecule has 29 heavy (non-hydrogen) atoms. The topological polar surface area (TPSA) is 126 Å². The van der Waals surface area contributed by atoms with E-state index in [0.29, 0.717) is 18.1 Å². The van der Waals surface area contributed by atoms with Gasteiger partial charge in [-0.05, 0) is 43.3 Å². The van der Waals surface area contributed by atoms with Crippen LogP contribution >= 0.6 is 0 Å². The lowest BCUT2D eigenvalue weighted by Gasteiger charge is -2.17. The summed E-state index contributed by atoms with van der Waals surface area (Å²) in [5, 5.41) is 9.37. The van der Waals surface area contributed by atoms with Gasteiger partial charge in [0.25, 0.3) is 5.91 Å². The number of amides is 1. The van der Waals surface area contributed by atoms with Crippen LogP contribution in [0.4, 0.5) is 5.69 Å². The maximum Gasteiger partial charge on any atom is 0.252 e. The molecule has 2 rings (SSSR count). The van der Waals surface area contributed by atoms with E-state index in [1.807, 2.05) is 20.0 Å². The van der Waals surface area contributed by atoms with Crippen molar-refractivity contribution in [1.82, 2.24) is 10.6 Å². The zero-order valence-electron chi connectivity index (χ0n) is 16.8. The minimum Gasteiger partial charge on any atom is -0.368 e. The number of allylic oxidation sites excluding steroid dienone is 4. The molecule has 9 heteroatoms. The number of nitrogens with two attached hydrogens (primary N) is 1. The van der Waals surface area contributed by atoms with Crippen molar-refractivity contribution in [2.45, 2.75) is 18.2 Å². The molecule has 0 aliphatic carbocycles. The van der Waals surface area contributed by atoms with Crippen molar-refractivity contribution in [3.05, 3.63) is 59.5 Å². The fraction of sp³-hybridized carbons (Fsp3) is 0.300. The molecule has 8 nitrogen and oxygen atoms in total. The zero-order chi connectivity index (χ0) is 21.4. The van der Waals surface area contributed by atoms with E-state index >= 15 is 0 Å². The quantitative estimate of drug-likeness (QED) is 0.473. The maximum absolute atomic E-state index is 12.0. The third-order valence-corrected chi connectivity index (χ3v) is 5.29. The Balaban J connectivity index is 2.50. The van der Waals surface area contributed by atoms with Crippen molar-refractivity contribution >= 4 is 27.3 Å². The molecule has 0 saturated carbocycles. The molecule has 0 fully saturated rings. The van der Waals surface area contributed by atoms with Crippen LogP contribution < -0.4 is 21.7 Å². The Labute approximate surface area is 171 Å². The number of nitrogens with one attached hydrogen (secondary N) is 3. The largest absolute Gasteiger partial charge is 0.368 e.